The van der Waals surface area contributed by atoms with Crippen LogP contribution >= 0.6 is 11.3 Å². The average molecular weight is 324 g/mol. The van der Waals surface area contributed by atoms with Gasteiger partial charge in [0.05, 0.1) is 11.7 Å². The zero-order valence-corrected chi connectivity index (χ0v) is 14.0. The molecular formula is C15H20N2O2S2. The van der Waals surface area contributed by atoms with Crippen LogP contribution in [-0.4, -0.2) is 8.42 Å². The van der Waals surface area contributed by atoms with Crippen molar-refractivity contribution in [1.29, 1.82) is 0 Å². The molecule has 0 aliphatic rings. The van der Waals surface area contributed by atoms with Crippen LogP contribution in [0.25, 0.3) is 0 Å². The molecule has 1 aromatic heterocycles. The summed E-state index contributed by atoms with van der Waals surface area (Å²) in [4.78, 5) is 1.20. The minimum absolute atomic E-state index is 0.192. The predicted octanol–water partition coefficient (Wildman–Crippen LogP) is 3.38. The van der Waals surface area contributed by atoms with Gasteiger partial charge in [-0.3, -0.25) is 0 Å². The van der Waals surface area contributed by atoms with Gasteiger partial charge in [-0.15, -0.1) is 11.3 Å². The zero-order valence-electron chi connectivity index (χ0n) is 12.4. The van der Waals surface area contributed by atoms with Gasteiger partial charge in [0.1, 0.15) is 4.90 Å². The van der Waals surface area contributed by atoms with Crippen LogP contribution in [0.3, 0.4) is 0 Å². The van der Waals surface area contributed by atoms with Gasteiger partial charge in [-0.05, 0) is 42.8 Å². The van der Waals surface area contributed by atoms with Gasteiger partial charge in [-0.2, -0.15) is 0 Å². The lowest BCUT2D eigenvalue weighted by Gasteiger charge is -2.18. The summed E-state index contributed by atoms with van der Waals surface area (Å²) in [6.45, 7) is 5.53. The first-order valence-corrected chi connectivity index (χ1v) is 9.14. The molecule has 2 aromatic rings. The van der Waals surface area contributed by atoms with Crippen molar-refractivity contribution >= 4 is 27.0 Å². The highest BCUT2D eigenvalue weighted by Gasteiger charge is 2.25. The maximum Gasteiger partial charge on any atom is 0.243 e. The summed E-state index contributed by atoms with van der Waals surface area (Å²) >= 11 is 1.54. The smallest absolute Gasteiger partial charge is 0.243 e. The lowest BCUT2D eigenvalue weighted by atomic mass is 10.1. The van der Waals surface area contributed by atoms with E-state index in [9.17, 15) is 8.42 Å². The Morgan fingerprint density at radius 2 is 1.90 bits per heavy atom. The number of thiophene rings is 1. The minimum Gasteiger partial charge on any atom is -0.397 e. The monoisotopic (exact) mass is 324 g/mol. The van der Waals surface area contributed by atoms with Crippen LogP contribution in [0, 0.1) is 13.8 Å². The lowest BCUT2D eigenvalue weighted by molar-refractivity contribution is 0.553. The topological polar surface area (TPSA) is 72.2 Å². The number of nitrogens with one attached hydrogen (secondary N) is 1. The van der Waals surface area contributed by atoms with Crippen molar-refractivity contribution in [3.8, 4) is 0 Å². The van der Waals surface area contributed by atoms with Crippen molar-refractivity contribution in [2.24, 2.45) is 0 Å². The fourth-order valence-electron chi connectivity index (χ4n) is 2.24. The average Bonchev–Trinajstić information content (AvgIpc) is 2.94. The molecule has 0 fully saturated rings. The molecule has 0 spiro atoms. The summed E-state index contributed by atoms with van der Waals surface area (Å²) in [6.07, 6.45) is 0.685. The molecule has 1 heterocycles. The van der Waals surface area contributed by atoms with Gasteiger partial charge in [0, 0.05) is 4.88 Å². The Bertz CT molecular complexity index is 722. The second-order valence-electron chi connectivity index (χ2n) is 5.04. The standard InChI is InChI=1S/C15H20N2O2S2/c1-4-12(13-6-5-9-20-13)17-21(18,19)15-11(3)8-7-10(2)14(15)16/h5-9,12,17H,4,16H2,1-3H3. The molecule has 4 nitrogen and oxygen atoms in total. The third-order valence-electron chi connectivity index (χ3n) is 3.47. The van der Waals surface area contributed by atoms with Crippen molar-refractivity contribution in [1.82, 2.24) is 4.72 Å². The van der Waals surface area contributed by atoms with Crippen LogP contribution in [0.5, 0.6) is 0 Å². The van der Waals surface area contributed by atoms with E-state index in [2.05, 4.69) is 4.72 Å². The van der Waals surface area contributed by atoms with Gasteiger partial charge in [-0.25, -0.2) is 13.1 Å². The van der Waals surface area contributed by atoms with E-state index in [-0.39, 0.29) is 10.9 Å². The van der Waals surface area contributed by atoms with Crippen molar-refractivity contribution in [3.63, 3.8) is 0 Å². The Labute approximate surface area is 130 Å². The van der Waals surface area contributed by atoms with Crippen molar-refractivity contribution in [2.75, 3.05) is 5.73 Å². The Kier molecular flexibility index (Phi) is 4.70. The van der Waals surface area contributed by atoms with Crippen molar-refractivity contribution < 1.29 is 8.42 Å². The number of sulfonamides is 1. The quantitative estimate of drug-likeness (QED) is 0.828. The molecule has 0 bridgehead atoms. The summed E-state index contributed by atoms with van der Waals surface area (Å²) in [6, 6.07) is 7.25. The van der Waals surface area contributed by atoms with Crippen LogP contribution in [0.4, 0.5) is 5.69 Å². The minimum atomic E-state index is -3.65. The number of nitrogens with two attached hydrogens (primary N) is 1. The van der Waals surface area contributed by atoms with Crippen LogP contribution in [0.15, 0.2) is 34.5 Å². The third-order valence-corrected chi connectivity index (χ3v) is 6.13. The Morgan fingerprint density at radius 1 is 1.24 bits per heavy atom. The number of anilines is 1. The van der Waals surface area contributed by atoms with Crippen molar-refractivity contribution in [2.45, 2.75) is 38.1 Å². The molecule has 1 unspecified atom stereocenters. The van der Waals surface area contributed by atoms with Gasteiger partial charge in [-0.1, -0.05) is 25.1 Å². The SMILES string of the molecule is CCC(NS(=O)(=O)c1c(C)ccc(C)c1N)c1cccs1. The van der Waals surface area contributed by atoms with Gasteiger partial charge in [0.25, 0.3) is 0 Å². The molecule has 0 aliphatic heterocycles. The fraction of sp³-hybridized carbons (Fsp3) is 0.333. The molecule has 21 heavy (non-hydrogen) atoms. The highest BCUT2D eigenvalue weighted by molar-refractivity contribution is 7.89. The van der Waals surface area contributed by atoms with Gasteiger partial charge in [0.2, 0.25) is 10.0 Å². The molecule has 3 N–H and O–H groups in total. The maximum absolute atomic E-state index is 12.7. The number of rotatable bonds is 5. The van der Waals surface area contributed by atoms with E-state index in [1.165, 1.54) is 0 Å². The molecule has 0 amide bonds. The summed E-state index contributed by atoms with van der Waals surface area (Å²) in [5.74, 6) is 0. The molecule has 2 rings (SSSR count). The molecule has 0 radical (unpaired) electrons. The Morgan fingerprint density at radius 3 is 2.48 bits per heavy atom. The summed E-state index contributed by atoms with van der Waals surface area (Å²) in [5, 5.41) is 1.94. The zero-order chi connectivity index (χ0) is 15.6. The fourth-order valence-corrected chi connectivity index (χ4v) is 4.91. The molecule has 0 saturated heterocycles. The number of hydrogen-bond donors (Lipinski definition) is 2. The largest absolute Gasteiger partial charge is 0.397 e. The van der Waals surface area contributed by atoms with E-state index < -0.39 is 10.0 Å². The first-order chi connectivity index (χ1) is 9.86. The molecule has 1 aromatic carbocycles. The molecule has 1 atom stereocenters. The van der Waals surface area contributed by atoms with E-state index >= 15 is 0 Å². The number of aryl methyl sites for hydroxylation is 2. The van der Waals surface area contributed by atoms with Crippen LogP contribution in [0.2, 0.25) is 0 Å². The van der Waals surface area contributed by atoms with E-state index in [0.29, 0.717) is 17.7 Å². The first kappa shape index (κ1) is 16.0. The number of nitrogen functional groups attached to an aromatic ring is 1. The summed E-state index contributed by atoms with van der Waals surface area (Å²) in [7, 11) is -3.65. The molecular weight excluding hydrogens is 304 g/mol. The van der Waals surface area contributed by atoms with E-state index in [0.717, 1.165) is 10.4 Å². The second kappa shape index (κ2) is 6.17. The Balaban J connectivity index is 2.41. The Hall–Kier alpha value is -1.37. The van der Waals surface area contributed by atoms with Crippen LogP contribution < -0.4 is 10.5 Å². The second-order valence-corrected chi connectivity index (χ2v) is 7.67. The van der Waals surface area contributed by atoms with Gasteiger partial charge >= 0.3 is 0 Å². The summed E-state index contributed by atoms with van der Waals surface area (Å²) in [5.41, 5.74) is 7.74. The van der Waals surface area contributed by atoms with Crippen molar-refractivity contribution in [3.05, 3.63) is 45.6 Å². The first-order valence-electron chi connectivity index (χ1n) is 6.78. The van der Waals surface area contributed by atoms with Gasteiger partial charge in [0.15, 0.2) is 0 Å². The highest BCUT2D eigenvalue weighted by atomic mass is 32.2. The van der Waals surface area contributed by atoms with Gasteiger partial charge < -0.3 is 5.73 Å². The third kappa shape index (κ3) is 3.28. The maximum atomic E-state index is 12.7. The van der Waals surface area contributed by atoms with Crippen LogP contribution in [0.1, 0.15) is 35.4 Å². The van der Waals surface area contributed by atoms with E-state index in [4.69, 9.17) is 5.73 Å². The number of hydrogen-bond acceptors (Lipinski definition) is 4. The number of benzene rings is 1. The van der Waals surface area contributed by atoms with E-state index in [1.807, 2.05) is 37.4 Å². The van der Waals surface area contributed by atoms with Crippen LogP contribution in [-0.2, 0) is 10.0 Å². The lowest BCUT2D eigenvalue weighted by Crippen LogP contribution is -2.29. The normalized spacial score (nSPS) is 13.3. The molecule has 114 valence electrons. The molecule has 0 saturated carbocycles. The molecule has 6 heteroatoms. The molecule has 0 aliphatic carbocycles. The summed E-state index contributed by atoms with van der Waals surface area (Å²) < 4.78 is 28.2. The highest BCUT2D eigenvalue weighted by Crippen LogP contribution is 2.29. The van der Waals surface area contributed by atoms with E-state index in [1.54, 1.807) is 24.3 Å². The predicted molar refractivity (Wildman–Crippen MR) is 88.0 cm³/mol.